The molecule has 18 heavy (non-hydrogen) atoms. The molecule has 0 spiro atoms. The van der Waals surface area contributed by atoms with Crippen LogP contribution in [-0.2, 0) is 14.4 Å². The monoisotopic (exact) mass is 255 g/mol. The summed E-state index contributed by atoms with van der Waals surface area (Å²) in [4.78, 5) is 37.2. The van der Waals surface area contributed by atoms with Crippen LogP contribution in [0.2, 0.25) is 0 Å². The fourth-order valence-corrected chi connectivity index (χ4v) is 2.36. The third-order valence-corrected chi connectivity index (χ3v) is 3.58. The fourth-order valence-electron chi connectivity index (χ4n) is 2.36. The lowest BCUT2D eigenvalue weighted by molar-refractivity contribution is -0.143. The summed E-state index contributed by atoms with van der Waals surface area (Å²) in [5, 5.41) is 8.97. The SMILES string of the molecule is NC1(C(=O)O)CCN(C(=O)CN2CCCC2=O)C1. The van der Waals surface area contributed by atoms with E-state index >= 15 is 0 Å². The predicted octanol–water partition coefficient (Wildman–Crippen LogP) is -1.38. The van der Waals surface area contributed by atoms with Gasteiger partial charge in [-0.2, -0.15) is 0 Å². The minimum Gasteiger partial charge on any atom is -0.480 e. The van der Waals surface area contributed by atoms with Gasteiger partial charge in [-0.1, -0.05) is 0 Å². The number of carboxylic acid groups (broad SMARTS) is 1. The van der Waals surface area contributed by atoms with Crippen LogP contribution < -0.4 is 5.73 Å². The topological polar surface area (TPSA) is 104 Å². The molecule has 1 atom stereocenters. The molecule has 2 saturated heterocycles. The second-order valence-electron chi connectivity index (χ2n) is 4.95. The smallest absolute Gasteiger partial charge is 0.325 e. The number of amides is 2. The summed E-state index contributed by atoms with van der Waals surface area (Å²) in [5.74, 6) is -1.33. The molecule has 0 aromatic heterocycles. The van der Waals surface area contributed by atoms with E-state index in [1.165, 1.54) is 9.80 Å². The van der Waals surface area contributed by atoms with Gasteiger partial charge >= 0.3 is 5.97 Å². The first-order chi connectivity index (χ1) is 8.42. The van der Waals surface area contributed by atoms with Crippen molar-refractivity contribution >= 4 is 17.8 Å². The lowest BCUT2D eigenvalue weighted by Crippen LogP contribution is -2.51. The maximum absolute atomic E-state index is 11.9. The lowest BCUT2D eigenvalue weighted by atomic mass is 10.0. The largest absolute Gasteiger partial charge is 0.480 e. The van der Waals surface area contributed by atoms with Crippen molar-refractivity contribution in [2.45, 2.75) is 24.8 Å². The molecule has 7 nitrogen and oxygen atoms in total. The Hall–Kier alpha value is -1.63. The molecule has 0 saturated carbocycles. The number of rotatable bonds is 3. The molecule has 3 N–H and O–H groups in total. The summed E-state index contributed by atoms with van der Waals surface area (Å²) in [7, 11) is 0. The van der Waals surface area contributed by atoms with Crippen molar-refractivity contribution < 1.29 is 19.5 Å². The van der Waals surface area contributed by atoms with E-state index < -0.39 is 11.5 Å². The van der Waals surface area contributed by atoms with Gasteiger partial charge in [0.2, 0.25) is 11.8 Å². The average Bonchev–Trinajstić information content (AvgIpc) is 2.87. The van der Waals surface area contributed by atoms with Gasteiger partial charge in [-0.25, -0.2) is 0 Å². The zero-order valence-corrected chi connectivity index (χ0v) is 10.1. The highest BCUT2D eigenvalue weighted by Gasteiger charge is 2.43. The van der Waals surface area contributed by atoms with Crippen LogP contribution in [0.15, 0.2) is 0 Å². The molecule has 0 aromatic rings. The fraction of sp³-hybridized carbons (Fsp3) is 0.727. The second-order valence-corrected chi connectivity index (χ2v) is 4.95. The van der Waals surface area contributed by atoms with E-state index in [9.17, 15) is 14.4 Å². The summed E-state index contributed by atoms with van der Waals surface area (Å²) >= 11 is 0. The number of carbonyl (C=O) groups excluding carboxylic acids is 2. The molecule has 2 heterocycles. The highest BCUT2D eigenvalue weighted by atomic mass is 16.4. The van der Waals surface area contributed by atoms with Crippen LogP contribution in [0.1, 0.15) is 19.3 Å². The molecule has 1 unspecified atom stereocenters. The number of hydrogen-bond acceptors (Lipinski definition) is 4. The maximum atomic E-state index is 11.9. The van der Waals surface area contributed by atoms with Gasteiger partial charge in [0, 0.05) is 26.1 Å². The van der Waals surface area contributed by atoms with Crippen molar-refractivity contribution in [2.24, 2.45) is 5.73 Å². The summed E-state index contributed by atoms with van der Waals surface area (Å²) in [6, 6.07) is 0. The molecule has 2 aliphatic heterocycles. The molecule has 0 aromatic carbocycles. The Morgan fingerprint density at radius 3 is 2.61 bits per heavy atom. The van der Waals surface area contributed by atoms with Crippen LogP contribution in [0.3, 0.4) is 0 Å². The molecular weight excluding hydrogens is 238 g/mol. The molecule has 2 fully saturated rings. The average molecular weight is 255 g/mol. The standard InChI is InChI=1S/C11H17N3O4/c12-11(10(17)18)3-5-14(7-11)9(16)6-13-4-1-2-8(13)15/h1-7,12H2,(H,17,18). The third kappa shape index (κ3) is 2.31. The van der Waals surface area contributed by atoms with Crippen molar-refractivity contribution in [2.75, 3.05) is 26.2 Å². The Morgan fingerprint density at radius 2 is 2.11 bits per heavy atom. The van der Waals surface area contributed by atoms with Gasteiger partial charge in [0.1, 0.15) is 5.54 Å². The Kier molecular flexibility index (Phi) is 3.25. The van der Waals surface area contributed by atoms with Crippen molar-refractivity contribution in [3.8, 4) is 0 Å². The van der Waals surface area contributed by atoms with Crippen LogP contribution in [0.25, 0.3) is 0 Å². The van der Waals surface area contributed by atoms with Gasteiger partial charge < -0.3 is 20.6 Å². The number of likely N-dealkylation sites (tertiary alicyclic amines) is 2. The minimum atomic E-state index is -1.34. The van der Waals surface area contributed by atoms with Crippen LogP contribution in [0.4, 0.5) is 0 Å². The summed E-state index contributed by atoms with van der Waals surface area (Å²) < 4.78 is 0. The normalized spacial score (nSPS) is 27.9. The first-order valence-electron chi connectivity index (χ1n) is 6.00. The zero-order valence-electron chi connectivity index (χ0n) is 10.1. The van der Waals surface area contributed by atoms with Gasteiger partial charge in [0.25, 0.3) is 0 Å². The number of carbonyl (C=O) groups is 3. The van der Waals surface area contributed by atoms with Crippen LogP contribution in [0.5, 0.6) is 0 Å². The molecule has 2 rings (SSSR count). The molecular formula is C11H17N3O4. The zero-order chi connectivity index (χ0) is 13.3. The van der Waals surface area contributed by atoms with Crippen molar-refractivity contribution in [1.29, 1.82) is 0 Å². The quantitative estimate of drug-likeness (QED) is 0.647. The molecule has 100 valence electrons. The van der Waals surface area contributed by atoms with E-state index in [0.29, 0.717) is 19.5 Å². The first kappa shape index (κ1) is 12.8. The highest BCUT2D eigenvalue weighted by molar-refractivity contribution is 5.87. The summed E-state index contributed by atoms with van der Waals surface area (Å²) in [6.07, 6.45) is 1.52. The van der Waals surface area contributed by atoms with Crippen LogP contribution in [0, 0.1) is 0 Å². The van der Waals surface area contributed by atoms with Crippen LogP contribution >= 0.6 is 0 Å². The summed E-state index contributed by atoms with van der Waals surface area (Å²) in [5.41, 5.74) is 4.35. The Morgan fingerprint density at radius 1 is 1.39 bits per heavy atom. The van der Waals surface area contributed by atoms with E-state index in [1.807, 2.05) is 0 Å². The summed E-state index contributed by atoms with van der Waals surface area (Å²) in [6.45, 7) is 0.993. The molecule has 0 aliphatic carbocycles. The van der Waals surface area contributed by atoms with E-state index in [0.717, 1.165) is 6.42 Å². The molecule has 2 amide bonds. The van der Waals surface area contributed by atoms with Crippen molar-refractivity contribution in [3.05, 3.63) is 0 Å². The molecule has 0 bridgehead atoms. The van der Waals surface area contributed by atoms with Gasteiger partial charge in [0.05, 0.1) is 6.54 Å². The number of aliphatic carboxylic acids is 1. The molecule has 0 radical (unpaired) electrons. The Bertz CT molecular complexity index is 398. The first-order valence-corrected chi connectivity index (χ1v) is 6.00. The van der Waals surface area contributed by atoms with Crippen LogP contribution in [-0.4, -0.2) is 64.4 Å². The van der Waals surface area contributed by atoms with E-state index in [-0.39, 0.29) is 31.3 Å². The molecule has 2 aliphatic rings. The predicted molar refractivity (Wildman–Crippen MR) is 61.6 cm³/mol. The second kappa shape index (κ2) is 4.56. The Labute approximate surface area is 105 Å². The number of nitrogens with two attached hydrogens (primary N) is 1. The molecule has 7 heteroatoms. The number of carboxylic acids is 1. The van der Waals surface area contributed by atoms with Gasteiger partial charge in [-0.3, -0.25) is 14.4 Å². The van der Waals surface area contributed by atoms with E-state index in [4.69, 9.17) is 10.8 Å². The minimum absolute atomic E-state index is 0.0141. The Balaban J connectivity index is 1.91. The number of nitrogens with zero attached hydrogens (tertiary/aromatic N) is 2. The van der Waals surface area contributed by atoms with E-state index in [1.54, 1.807) is 0 Å². The number of hydrogen-bond donors (Lipinski definition) is 2. The van der Waals surface area contributed by atoms with Gasteiger partial charge in [0.15, 0.2) is 0 Å². The lowest BCUT2D eigenvalue weighted by Gasteiger charge is -2.22. The highest BCUT2D eigenvalue weighted by Crippen LogP contribution is 2.20. The van der Waals surface area contributed by atoms with Gasteiger partial charge in [-0.05, 0) is 12.8 Å². The van der Waals surface area contributed by atoms with E-state index in [2.05, 4.69) is 0 Å². The van der Waals surface area contributed by atoms with Gasteiger partial charge in [-0.15, -0.1) is 0 Å². The third-order valence-electron chi connectivity index (χ3n) is 3.58. The van der Waals surface area contributed by atoms with Crippen molar-refractivity contribution in [3.63, 3.8) is 0 Å². The maximum Gasteiger partial charge on any atom is 0.325 e. The van der Waals surface area contributed by atoms with Crippen molar-refractivity contribution in [1.82, 2.24) is 9.80 Å².